The number of carbonyl (C=O) groups excluding carboxylic acids is 1. The molecule has 1 amide bonds. The standard InChI is InChI=1S/C8H11NO5/c1-2-3-14-7(12)9-4-8(13,5-9)6(10)11/h2,13H,1,3-5H2,(H,10,11). The molecule has 1 saturated heterocycles. The molecule has 1 aliphatic rings. The Morgan fingerprint density at radius 2 is 2.14 bits per heavy atom. The van der Waals surface area contributed by atoms with Gasteiger partial charge in [0.25, 0.3) is 0 Å². The molecule has 0 spiro atoms. The summed E-state index contributed by atoms with van der Waals surface area (Å²) in [4.78, 5) is 22.6. The van der Waals surface area contributed by atoms with E-state index in [2.05, 4.69) is 11.3 Å². The van der Waals surface area contributed by atoms with E-state index in [1.807, 2.05) is 0 Å². The second-order valence-electron chi connectivity index (χ2n) is 3.06. The van der Waals surface area contributed by atoms with Crippen molar-refractivity contribution in [2.45, 2.75) is 5.60 Å². The van der Waals surface area contributed by atoms with Crippen LogP contribution in [0.1, 0.15) is 0 Å². The number of rotatable bonds is 3. The molecule has 0 atom stereocenters. The Morgan fingerprint density at radius 3 is 2.57 bits per heavy atom. The van der Waals surface area contributed by atoms with E-state index in [0.717, 1.165) is 4.90 Å². The van der Waals surface area contributed by atoms with Crippen LogP contribution < -0.4 is 0 Å². The van der Waals surface area contributed by atoms with Crippen LogP contribution in [0, 0.1) is 0 Å². The van der Waals surface area contributed by atoms with Crippen LogP contribution in [0.15, 0.2) is 12.7 Å². The zero-order chi connectivity index (χ0) is 10.8. The maximum absolute atomic E-state index is 11.0. The minimum atomic E-state index is -1.81. The molecule has 6 heteroatoms. The molecule has 1 fully saturated rings. The van der Waals surface area contributed by atoms with Gasteiger partial charge in [-0.25, -0.2) is 9.59 Å². The quantitative estimate of drug-likeness (QED) is 0.598. The molecule has 78 valence electrons. The first-order valence-electron chi connectivity index (χ1n) is 3.98. The van der Waals surface area contributed by atoms with Crippen molar-refractivity contribution in [2.24, 2.45) is 0 Å². The molecular formula is C8H11NO5. The predicted octanol–water partition coefficient (Wildman–Crippen LogP) is -0.560. The largest absolute Gasteiger partial charge is 0.479 e. The first kappa shape index (κ1) is 10.5. The summed E-state index contributed by atoms with van der Waals surface area (Å²) in [6, 6.07) is 0. The van der Waals surface area contributed by atoms with Crippen molar-refractivity contribution in [2.75, 3.05) is 19.7 Å². The monoisotopic (exact) mass is 201 g/mol. The lowest BCUT2D eigenvalue weighted by Gasteiger charge is -2.42. The number of hydrogen-bond donors (Lipinski definition) is 2. The summed E-state index contributed by atoms with van der Waals surface area (Å²) in [5, 5.41) is 17.8. The Labute approximate surface area is 80.4 Å². The van der Waals surface area contributed by atoms with Gasteiger partial charge in [0, 0.05) is 0 Å². The highest BCUT2D eigenvalue weighted by Crippen LogP contribution is 2.21. The molecule has 0 aromatic rings. The number of carbonyl (C=O) groups is 2. The Hall–Kier alpha value is -1.56. The van der Waals surface area contributed by atoms with Gasteiger partial charge in [0.1, 0.15) is 6.61 Å². The third-order valence-electron chi connectivity index (χ3n) is 1.89. The van der Waals surface area contributed by atoms with Gasteiger partial charge in [-0.3, -0.25) is 0 Å². The highest BCUT2D eigenvalue weighted by atomic mass is 16.6. The molecule has 6 nitrogen and oxygen atoms in total. The lowest BCUT2D eigenvalue weighted by Crippen LogP contribution is -2.67. The molecule has 0 unspecified atom stereocenters. The van der Waals surface area contributed by atoms with Gasteiger partial charge in [0.2, 0.25) is 0 Å². The number of nitrogens with zero attached hydrogens (tertiary/aromatic N) is 1. The summed E-state index contributed by atoms with van der Waals surface area (Å²) in [7, 11) is 0. The Kier molecular flexibility index (Phi) is 2.76. The van der Waals surface area contributed by atoms with Gasteiger partial charge < -0.3 is 19.8 Å². The van der Waals surface area contributed by atoms with E-state index in [1.165, 1.54) is 6.08 Å². The Bertz CT molecular complexity index is 269. The highest BCUT2D eigenvalue weighted by Gasteiger charge is 2.50. The number of carboxylic acid groups (broad SMARTS) is 1. The topological polar surface area (TPSA) is 87.1 Å². The molecule has 0 radical (unpaired) electrons. The third-order valence-corrected chi connectivity index (χ3v) is 1.89. The number of amides is 1. The van der Waals surface area contributed by atoms with Gasteiger partial charge in [-0.1, -0.05) is 12.7 Å². The van der Waals surface area contributed by atoms with E-state index >= 15 is 0 Å². The lowest BCUT2D eigenvalue weighted by molar-refractivity contribution is -0.174. The molecular weight excluding hydrogens is 190 g/mol. The van der Waals surface area contributed by atoms with Crippen LogP contribution in [0.25, 0.3) is 0 Å². The average Bonchev–Trinajstić information content (AvgIpc) is 2.08. The van der Waals surface area contributed by atoms with E-state index in [9.17, 15) is 14.7 Å². The van der Waals surface area contributed by atoms with Crippen molar-refractivity contribution in [3.63, 3.8) is 0 Å². The maximum Gasteiger partial charge on any atom is 0.410 e. The van der Waals surface area contributed by atoms with E-state index in [4.69, 9.17) is 5.11 Å². The number of likely N-dealkylation sites (tertiary alicyclic amines) is 1. The van der Waals surface area contributed by atoms with Crippen molar-refractivity contribution in [1.29, 1.82) is 0 Å². The van der Waals surface area contributed by atoms with E-state index in [-0.39, 0.29) is 19.7 Å². The molecule has 0 aromatic carbocycles. The van der Waals surface area contributed by atoms with Crippen molar-refractivity contribution >= 4 is 12.1 Å². The SMILES string of the molecule is C=CCOC(=O)N1CC(O)(C(=O)O)C1. The molecule has 1 rings (SSSR count). The minimum absolute atomic E-state index is 0.0703. The van der Waals surface area contributed by atoms with Gasteiger partial charge in [0.15, 0.2) is 5.60 Å². The molecule has 14 heavy (non-hydrogen) atoms. The molecule has 1 heterocycles. The number of aliphatic carboxylic acids is 1. The summed E-state index contributed by atoms with van der Waals surface area (Å²) in [5.41, 5.74) is -1.81. The summed E-state index contributed by atoms with van der Waals surface area (Å²) < 4.78 is 4.63. The second kappa shape index (κ2) is 3.67. The Morgan fingerprint density at radius 1 is 1.57 bits per heavy atom. The predicted molar refractivity (Wildman–Crippen MR) is 45.7 cm³/mol. The normalized spacial score (nSPS) is 18.2. The van der Waals surface area contributed by atoms with Gasteiger partial charge in [-0.05, 0) is 0 Å². The van der Waals surface area contributed by atoms with Crippen molar-refractivity contribution in [1.82, 2.24) is 4.90 Å². The van der Waals surface area contributed by atoms with E-state index < -0.39 is 17.7 Å². The van der Waals surface area contributed by atoms with Gasteiger partial charge in [-0.15, -0.1) is 0 Å². The average molecular weight is 201 g/mol. The van der Waals surface area contributed by atoms with Crippen LogP contribution in [0.4, 0.5) is 4.79 Å². The van der Waals surface area contributed by atoms with Gasteiger partial charge in [-0.2, -0.15) is 0 Å². The van der Waals surface area contributed by atoms with E-state index in [1.54, 1.807) is 0 Å². The second-order valence-corrected chi connectivity index (χ2v) is 3.06. The zero-order valence-electron chi connectivity index (χ0n) is 7.47. The van der Waals surface area contributed by atoms with Crippen LogP contribution in [0.5, 0.6) is 0 Å². The zero-order valence-corrected chi connectivity index (χ0v) is 7.47. The number of ether oxygens (including phenoxy) is 1. The van der Waals surface area contributed by atoms with Crippen LogP contribution >= 0.6 is 0 Å². The molecule has 0 aliphatic carbocycles. The van der Waals surface area contributed by atoms with Crippen molar-refractivity contribution in [3.05, 3.63) is 12.7 Å². The van der Waals surface area contributed by atoms with Crippen LogP contribution in [-0.4, -0.2) is 52.5 Å². The fraction of sp³-hybridized carbons (Fsp3) is 0.500. The summed E-state index contributed by atoms with van der Waals surface area (Å²) in [6.45, 7) is 2.95. The third kappa shape index (κ3) is 1.85. The van der Waals surface area contributed by atoms with Crippen LogP contribution in [-0.2, 0) is 9.53 Å². The van der Waals surface area contributed by atoms with Gasteiger partial charge in [0.05, 0.1) is 13.1 Å². The number of carboxylic acids is 1. The number of hydrogen-bond acceptors (Lipinski definition) is 4. The summed E-state index contributed by atoms with van der Waals surface area (Å²) in [5.74, 6) is -1.33. The van der Waals surface area contributed by atoms with Crippen molar-refractivity contribution < 1.29 is 24.5 Å². The fourth-order valence-electron chi connectivity index (χ4n) is 1.07. The number of β-amino-alcohol motifs (C(OH)–C–C–N with tert-alkyl or cyclic N) is 1. The molecule has 0 bridgehead atoms. The lowest BCUT2D eigenvalue weighted by atomic mass is 9.95. The first-order chi connectivity index (χ1) is 6.49. The smallest absolute Gasteiger partial charge is 0.410 e. The van der Waals surface area contributed by atoms with E-state index in [0.29, 0.717) is 0 Å². The summed E-state index contributed by atoms with van der Waals surface area (Å²) >= 11 is 0. The minimum Gasteiger partial charge on any atom is -0.479 e. The molecule has 2 N–H and O–H groups in total. The molecule has 1 aliphatic heterocycles. The van der Waals surface area contributed by atoms with Crippen molar-refractivity contribution in [3.8, 4) is 0 Å². The number of aliphatic hydroxyl groups is 1. The maximum atomic E-state index is 11.0. The summed E-state index contributed by atoms with van der Waals surface area (Å²) in [6.07, 6.45) is 0.761. The Balaban J connectivity index is 2.37. The van der Waals surface area contributed by atoms with Gasteiger partial charge >= 0.3 is 12.1 Å². The molecule has 0 aromatic heterocycles. The molecule has 0 saturated carbocycles. The van der Waals surface area contributed by atoms with Crippen LogP contribution in [0.3, 0.4) is 0 Å². The van der Waals surface area contributed by atoms with Crippen LogP contribution in [0.2, 0.25) is 0 Å². The highest BCUT2D eigenvalue weighted by molar-refractivity contribution is 5.82. The first-order valence-corrected chi connectivity index (χ1v) is 3.98. The fourth-order valence-corrected chi connectivity index (χ4v) is 1.07.